The van der Waals surface area contributed by atoms with Gasteiger partial charge in [0, 0.05) is 30.7 Å². The molecule has 0 saturated carbocycles. The summed E-state index contributed by atoms with van der Waals surface area (Å²) < 4.78 is 5.13. The van der Waals surface area contributed by atoms with E-state index in [0.29, 0.717) is 12.1 Å². The highest BCUT2D eigenvalue weighted by Gasteiger charge is 2.24. The van der Waals surface area contributed by atoms with E-state index in [1.807, 2.05) is 6.26 Å². The monoisotopic (exact) mass is 236 g/mol. The molecule has 2 heterocycles. The highest BCUT2D eigenvalue weighted by molar-refractivity contribution is 5.05. The minimum Gasteiger partial charge on any atom is -0.472 e. The zero-order valence-electron chi connectivity index (χ0n) is 11.0. The standard InChI is InChI=1S/C14H24N2O/c1-3-6-15-14-4-7-16(12(2)9-14)10-13-5-8-17-11-13/h5,8,11-12,14-15H,3-4,6-7,9-10H2,1-2H3. The molecule has 2 unspecified atom stereocenters. The molecule has 17 heavy (non-hydrogen) atoms. The molecule has 1 saturated heterocycles. The van der Waals surface area contributed by atoms with Crippen LogP contribution in [0.2, 0.25) is 0 Å². The van der Waals surface area contributed by atoms with Crippen LogP contribution in [0.15, 0.2) is 23.0 Å². The Balaban J connectivity index is 1.79. The molecule has 96 valence electrons. The molecule has 1 aliphatic rings. The van der Waals surface area contributed by atoms with E-state index in [4.69, 9.17) is 4.42 Å². The van der Waals surface area contributed by atoms with Gasteiger partial charge in [0.05, 0.1) is 12.5 Å². The third-order valence-electron chi connectivity index (χ3n) is 3.66. The third kappa shape index (κ3) is 3.58. The first kappa shape index (κ1) is 12.7. The molecular formula is C14H24N2O. The molecule has 2 rings (SSSR count). The van der Waals surface area contributed by atoms with Crippen LogP contribution < -0.4 is 5.32 Å². The van der Waals surface area contributed by atoms with Gasteiger partial charge in [0.1, 0.15) is 0 Å². The van der Waals surface area contributed by atoms with Crippen LogP contribution in [-0.4, -0.2) is 30.1 Å². The quantitative estimate of drug-likeness (QED) is 0.852. The van der Waals surface area contributed by atoms with Crippen molar-refractivity contribution in [2.45, 2.75) is 51.7 Å². The summed E-state index contributed by atoms with van der Waals surface area (Å²) in [6.45, 7) is 7.93. The molecule has 1 aromatic rings. The van der Waals surface area contributed by atoms with Crippen LogP contribution in [0.3, 0.4) is 0 Å². The number of furan rings is 1. The van der Waals surface area contributed by atoms with Gasteiger partial charge in [0.2, 0.25) is 0 Å². The van der Waals surface area contributed by atoms with Crippen molar-refractivity contribution in [1.29, 1.82) is 0 Å². The summed E-state index contributed by atoms with van der Waals surface area (Å²) in [6.07, 6.45) is 7.37. The summed E-state index contributed by atoms with van der Waals surface area (Å²) in [5.74, 6) is 0. The SMILES string of the molecule is CCCNC1CCN(Cc2ccoc2)C(C)C1. The molecule has 1 aliphatic heterocycles. The van der Waals surface area contributed by atoms with Gasteiger partial charge in [-0.1, -0.05) is 6.92 Å². The van der Waals surface area contributed by atoms with Crippen molar-refractivity contribution in [3.63, 3.8) is 0 Å². The van der Waals surface area contributed by atoms with E-state index in [9.17, 15) is 0 Å². The second kappa shape index (κ2) is 6.22. The van der Waals surface area contributed by atoms with E-state index in [2.05, 4.69) is 30.1 Å². The number of hydrogen-bond acceptors (Lipinski definition) is 3. The van der Waals surface area contributed by atoms with E-state index in [1.165, 1.54) is 31.4 Å². The van der Waals surface area contributed by atoms with Gasteiger partial charge in [0.15, 0.2) is 0 Å². The molecule has 0 aliphatic carbocycles. The van der Waals surface area contributed by atoms with Gasteiger partial charge in [-0.3, -0.25) is 4.90 Å². The Labute approximate surface area is 104 Å². The van der Waals surface area contributed by atoms with E-state index in [0.717, 1.165) is 13.1 Å². The van der Waals surface area contributed by atoms with Gasteiger partial charge in [0.25, 0.3) is 0 Å². The second-order valence-corrected chi connectivity index (χ2v) is 5.13. The summed E-state index contributed by atoms with van der Waals surface area (Å²) in [5, 5.41) is 3.64. The van der Waals surface area contributed by atoms with Crippen LogP contribution in [0.5, 0.6) is 0 Å². The lowest BCUT2D eigenvalue weighted by atomic mass is 9.97. The van der Waals surface area contributed by atoms with Crippen LogP contribution >= 0.6 is 0 Å². The number of nitrogens with zero attached hydrogens (tertiary/aromatic N) is 1. The predicted octanol–water partition coefficient (Wildman–Crippen LogP) is 2.63. The summed E-state index contributed by atoms with van der Waals surface area (Å²) >= 11 is 0. The van der Waals surface area contributed by atoms with Crippen molar-refractivity contribution in [2.24, 2.45) is 0 Å². The molecule has 2 atom stereocenters. The maximum absolute atomic E-state index is 5.13. The lowest BCUT2D eigenvalue weighted by Crippen LogP contribution is -2.47. The van der Waals surface area contributed by atoms with Crippen LogP contribution in [0, 0.1) is 0 Å². The molecule has 0 aromatic carbocycles. The molecule has 1 aromatic heterocycles. The van der Waals surface area contributed by atoms with Gasteiger partial charge < -0.3 is 9.73 Å². The van der Waals surface area contributed by atoms with Crippen molar-refractivity contribution >= 4 is 0 Å². The fourth-order valence-electron chi connectivity index (χ4n) is 2.61. The molecule has 0 amide bonds. The molecule has 3 heteroatoms. The summed E-state index contributed by atoms with van der Waals surface area (Å²) in [7, 11) is 0. The maximum atomic E-state index is 5.13. The number of hydrogen-bond donors (Lipinski definition) is 1. The van der Waals surface area contributed by atoms with E-state index in [1.54, 1.807) is 6.26 Å². The molecular weight excluding hydrogens is 212 g/mol. The van der Waals surface area contributed by atoms with Crippen LogP contribution in [-0.2, 0) is 6.54 Å². The summed E-state index contributed by atoms with van der Waals surface area (Å²) in [4.78, 5) is 2.55. The van der Waals surface area contributed by atoms with E-state index in [-0.39, 0.29) is 0 Å². The fraction of sp³-hybridized carbons (Fsp3) is 0.714. The minimum absolute atomic E-state index is 0.660. The Morgan fingerprint density at radius 2 is 2.41 bits per heavy atom. The van der Waals surface area contributed by atoms with Crippen LogP contribution in [0.1, 0.15) is 38.7 Å². The van der Waals surface area contributed by atoms with Crippen LogP contribution in [0.4, 0.5) is 0 Å². The topological polar surface area (TPSA) is 28.4 Å². The molecule has 0 bridgehead atoms. The minimum atomic E-state index is 0.660. The Kier molecular flexibility index (Phi) is 4.63. The first-order valence-electron chi connectivity index (χ1n) is 6.78. The Morgan fingerprint density at radius 1 is 1.53 bits per heavy atom. The Hall–Kier alpha value is -0.800. The predicted molar refractivity (Wildman–Crippen MR) is 69.9 cm³/mol. The molecule has 1 fully saturated rings. The highest BCUT2D eigenvalue weighted by atomic mass is 16.3. The normalized spacial score (nSPS) is 26.2. The maximum Gasteiger partial charge on any atom is 0.0947 e. The van der Waals surface area contributed by atoms with Crippen LogP contribution in [0.25, 0.3) is 0 Å². The third-order valence-corrected chi connectivity index (χ3v) is 3.66. The number of piperidine rings is 1. The first-order chi connectivity index (χ1) is 8.29. The zero-order chi connectivity index (χ0) is 12.1. The second-order valence-electron chi connectivity index (χ2n) is 5.13. The molecule has 0 spiro atoms. The molecule has 0 radical (unpaired) electrons. The Morgan fingerprint density at radius 3 is 3.06 bits per heavy atom. The lowest BCUT2D eigenvalue weighted by Gasteiger charge is -2.37. The molecule has 1 N–H and O–H groups in total. The number of rotatable bonds is 5. The van der Waals surface area contributed by atoms with Crippen molar-refractivity contribution in [3.05, 3.63) is 24.2 Å². The molecule has 3 nitrogen and oxygen atoms in total. The first-order valence-corrected chi connectivity index (χ1v) is 6.78. The van der Waals surface area contributed by atoms with Gasteiger partial charge in [-0.05, 0) is 38.8 Å². The number of nitrogens with one attached hydrogen (secondary N) is 1. The number of likely N-dealkylation sites (tertiary alicyclic amines) is 1. The van der Waals surface area contributed by atoms with Crippen molar-refractivity contribution in [2.75, 3.05) is 13.1 Å². The summed E-state index contributed by atoms with van der Waals surface area (Å²) in [6, 6.07) is 3.44. The lowest BCUT2D eigenvalue weighted by molar-refractivity contribution is 0.128. The largest absolute Gasteiger partial charge is 0.472 e. The van der Waals surface area contributed by atoms with Crippen molar-refractivity contribution in [3.8, 4) is 0 Å². The van der Waals surface area contributed by atoms with Gasteiger partial charge >= 0.3 is 0 Å². The van der Waals surface area contributed by atoms with E-state index >= 15 is 0 Å². The van der Waals surface area contributed by atoms with Crippen molar-refractivity contribution in [1.82, 2.24) is 10.2 Å². The van der Waals surface area contributed by atoms with Crippen molar-refractivity contribution < 1.29 is 4.42 Å². The summed E-state index contributed by atoms with van der Waals surface area (Å²) in [5.41, 5.74) is 1.29. The average Bonchev–Trinajstić information content (AvgIpc) is 2.82. The highest BCUT2D eigenvalue weighted by Crippen LogP contribution is 2.19. The average molecular weight is 236 g/mol. The van der Waals surface area contributed by atoms with Gasteiger partial charge in [-0.25, -0.2) is 0 Å². The smallest absolute Gasteiger partial charge is 0.0947 e. The van der Waals surface area contributed by atoms with E-state index < -0.39 is 0 Å². The van der Waals surface area contributed by atoms with Gasteiger partial charge in [-0.2, -0.15) is 0 Å². The fourth-order valence-corrected chi connectivity index (χ4v) is 2.61. The Bertz CT molecular complexity index is 310. The zero-order valence-corrected chi connectivity index (χ0v) is 11.0. The van der Waals surface area contributed by atoms with Gasteiger partial charge in [-0.15, -0.1) is 0 Å².